The molecule has 7 nitrogen and oxygen atoms in total. The van der Waals surface area contributed by atoms with Crippen LogP contribution < -0.4 is 10.2 Å². The minimum absolute atomic E-state index is 0.174. The fourth-order valence-corrected chi connectivity index (χ4v) is 4.95. The number of amides is 1. The Hall–Kier alpha value is -2.03. The summed E-state index contributed by atoms with van der Waals surface area (Å²) in [4.78, 5) is 26.3. The maximum Gasteiger partial charge on any atom is 0.259 e. The maximum atomic E-state index is 12.6. The van der Waals surface area contributed by atoms with Crippen LogP contribution in [0.4, 0.5) is 10.9 Å². The first kappa shape index (κ1) is 20.3. The van der Waals surface area contributed by atoms with E-state index in [0.29, 0.717) is 23.9 Å². The second-order valence-electron chi connectivity index (χ2n) is 8.24. The number of pyridine rings is 1. The third kappa shape index (κ3) is 5.32. The molecular formula is C21H29N5O2S. The Balaban J connectivity index is 1.33. The Morgan fingerprint density at radius 1 is 1.24 bits per heavy atom. The minimum Gasteiger partial charge on any atom is -0.378 e. The fourth-order valence-electron chi connectivity index (χ4n) is 4.26. The first-order chi connectivity index (χ1) is 14.1. The van der Waals surface area contributed by atoms with E-state index < -0.39 is 0 Å². The molecule has 4 heterocycles. The summed E-state index contributed by atoms with van der Waals surface area (Å²) < 4.78 is 5.37. The van der Waals surface area contributed by atoms with Crippen LogP contribution in [0.5, 0.6) is 0 Å². The highest BCUT2D eigenvalue weighted by molar-refractivity contribution is 7.13. The average Bonchev–Trinajstić information content (AvgIpc) is 3.14. The predicted octanol–water partition coefficient (Wildman–Crippen LogP) is 3.10. The Labute approximate surface area is 176 Å². The highest BCUT2D eigenvalue weighted by Crippen LogP contribution is 2.24. The lowest BCUT2D eigenvalue weighted by molar-refractivity contribution is 0.102. The van der Waals surface area contributed by atoms with E-state index in [4.69, 9.17) is 4.74 Å². The van der Waals surface area contributed by atoms with Crippen LogP contribution >= 0.6 is 11.3 Å². The first-order valence-corrected chi connectivity index (χ1v) is 11.2. The third-order valence-electron chi connectivity index (χ3n) is 5.45. The van der Waals surface area contributed by atoms with Gasteiger partial charge in [-0.1, -0.05) is 13.8 Å². The number of nitrogens with one attached hydrogen (secondary N) is 1. The van der Waals surface area contributed by atoms with E-state index in [0.717, 1.165) is 56.1 Å². The summed E-state index contributed by atoms with van der Waals surface area (Å²) in [6, 6.07) is 3.71. The summed E-state index contributed by atoms with van der Waals surface area (Å²) >= 11 is 1.48. The Bertz CT molecular complexity index is 809. The van der Waals surface area contributed by atoms with E-state index in [1.165, 1.54) is 17.8 Å². The molecule has 156 valence electrons. The highest BCUT2D eigenvalue weighted by Gasteiger charge is 2.22. The number of carbonyl (C=O) groups is 1. The maximum absolute atomic E-state index is 12.6. The monoisotopic (exact) mass is 415 g/mol. The van der Waals surface area contributed by atoms with Crippen molar-refractivity contribution >= 4 is 28.2 Å². The Kier molecular flexibility index (Phi) is 6.42. The second-order valence-corrected chi connectivity index (χ2v) is 9.10. The molecule has 0 saturated carbocycles. The normalized spacial score (nSPS) is 23.2. The predicted molar refractivity (Wildman–Crippen MR) is 116 cm³/mol. The molecule has 2 aromatic heterocycles. The van der Waals surface area contributed by atoms with Crippen molar-refractivity contribution in [3.05, 3.63) is 35.0 Å². The van der Waals surface area contributed by atoms with Gasteiger partial charge in [0.1, 0.15) is 5.82 Å². The molecule has 0 radical (unpaired) electrons. The van der Waals surface area contributed by atoms with Crippen molar-refractivity contribution in [2.45, 2.75) is 26.8 Å². The number of aromatic nitrogens is 2. The van der Waals surface area contributed by atoms with E-state index in [9.17, 15) is 4.79 Å². The number of morpholine rings is 1. The molecule has 0 aromatic carbocycles. The van der Waals surface area contributed by atoms with E-state index >= 15 is 0 Å². The van der Waals surface area contributed by atoms with Gasteiger partial charge in [-0.05, 0) is 30.4 Å². The first-order valence-electron chi connectivity index (χ1n) is 10.3. The summed E-state index contributed by atoms with van der Waals surface area (Å²) in [5.74, 6) is 2.16. The molecule has 2 atom stereocenters. The van der Waals surface area contributed by atoms with Gasteiger partial charge >= 0.3 is 0 Å². The Morgan fingerprint density at radius 2 is 2.00 bits per heavy atom. The van der Waals surface area contributed by atoms with Gasteiger partial charge in [0.2, 0.25) is 0 Å². The molecule has 2 aromatic rings. The molecule has 1 N–H and O–H groups in total. The van der Waals surface area contributed by atoms with Crippen LogP contribution in [0.1, 0.15) is 36.3 Å². The number of rotatable bonds is 5. The van der Waals surface area contributed by atoms with Gasteiger partial charge in [0, 0.05) is 44.3 Å². The second kappa shape index (κ2) is 9.19. The van der Waals surface area contributed by atoms with Gasteiger partial charge in [0.25, 0.3) is 5.91 Å². The van der Waals surface area contributed by atoms with E-state index in [1.54, 1.807) is 6.20 Å². The van der Waals surface area contributed by atoms with Crippen LogP contribution in [0, 0.1) is 11.8 Å². The van der Waals surface area contributed by atoms with Gasteiger partial charge in [-0.2, -0.15) is 0 Å². The number of hydrogen-bond acceptors (Lipinski definition) is 7. The van der Waals surface area contributed by atoms with Gasteiger partial charge < -0.3 is 9.64 Å². The molecule has 8 heteroatoms. The van der Waals surface area contributed by atoms with E-state index in [1.807, 2.05) is 17.5 Å². The summed E-state index contributed by atoms with van der Waals surface area (Å²) in [6.07, 6.45) is 2.93. The molecular weight excluding hydrogens is 386 g/mol. The van der Waals surface area contributed by atoms with Crippen LogP contribution in [-0.4, -0.2) is 60.2 Å². The molecule has 2 fully saturated rings. The van der Waals surface area contributed by atoms with Gasteiger partial charge in [-0.15, -0.1) is 11.3 Å². The van der Waals surface area contributed by atoms with Crippen molar-refractivity contribution in [3.8, 4) is 0 Å². The van der Waals surface area contributed by atoms with Gasteiger partial charge in [-0.3, -0.25) is 15.0 Å². The van der Waals surface area contributed by atoms with Crippen LogP contribution in [-0.2, 0) is 11.3 Å². The van der Waals surface area contributed by atoms with Crippen molar-refractivity contribution in [2.75, 3.05) is 49.6 Å². The number of anilines is 2. The van der Waals surface area contributed by atoms with Crippen molar-refractivity contribution in [1.82, 2.24) is 14.9 Å². The number of likely N-dealkylation sites (tertiary alicyclic amines) is 1. The number of piperidine rings is 1. The van der Waals surface area contributed by atoms with Crippen molar-refractivity contribution in [3.63, 3.8) is 0 Å². The van der Waals surface area contributed by atoms with Gasteiger partial charge in [-0.25, -0.2) is 9.97 Å². The SMILES string of the molecule is C[C@@H]1C[C@@H](C)CN(Cc2csc(NC(=O)c3ccc(N4CCOCC4)nc3)n2)C1. The summed E-state index contributed by atoms with van der Waals surface area (Å²) in [5, 5.41) is 5.59. The van der Waals surface area contributed by atoms with Crippen LogP contribution in [0.25, 0.3) is 0 Å². The van der Waals surface area contributed by atoms with E-state index in [-0.39, 0.29) is 5.91 Å². The summed E-state index contributed by atoms with van der Waals surface area (Å²) in [7, 11) is 0. The number of nitrogens with zero attached hydrogens (tertiary/aromatic N) is 4. The van der Waals surface area contributed by atoms with Gasteiger partial charge in [0.15, 0.2) is 5.13 Å². The fraction of sp³-hybridized carbons (Fsp3) is 0.571. The topological polar surface area (TPSA) is 70.6 Å². The number of hydrogen-bond donors (Lipinski definition) is 1. The average molecular weight is 416 g/mol. The van der Waals surface area contributed by atoms with Gasteiger partial charge in [0.05, 0.1) is 24.5 Å². The molecule has 2 aliphatic heterocycles. The molecule has 0 bridgehead atoms. The van der Waals surface area contributed by atoms with Crippen LogP contribution in [0.3, 0.4) is 0 Å². The number of ether oxygens (including phenoxy) is 1. The summed E-state index contributed by atoms with van der Waals surface area (Å²) in [6.45, 7) is 10.8. The third-order valence-corrected chi connectivity index (χ3v) is 6.25. The molecule has 0 unspecified atom stereocenters. The quantitative estimate of drug-likeness (QED) is 0.809. The van der Waals surface area contributed by atoms with Crippen LogP contribution in [0.2, 0.25) is 0 Å². The number of carbonyl (C=O) groups excluding carboxylic acids is 1. The molecule has 2 saturated heterocycles. The molecule has 2 aliphatic rings. The van der Waals surface area contributed by atoms with Crippen molar-refractivity contribution < 1.29 is 9.53 Å². The lowest BCUT2D eigenvalue weighted by Gasteiger charge is -2.34. The zero-order chi connectivity index (χ0) is 20.2. The number of thiazole rings is 1. The van der Waals surface area contributed by atoms with Crippen LogP contribution in [0.15, 0.2) is 23.7 Å². The molecule has 29 heavy (non-hydrogen) atoms. The van der Waals surface area contributed by atoms with Crippen molar-refractivity contribution in [2.24, 2.45) is 11.8 Å². The lowest BCUT2D eigenvalue weighted by Crippen LogP contribution is -2.38. The zero-order valence-electron chi connectivity index (χ0n) is 17.1. The summed E-state index contributed by atoms with van der Waals surface area (Å²) in [5.41, 5.74) is 1.56. The van der Waals surface area contributed by atoms with E-state index in [2.05, 4.69) is 38.9 Å². The smallest absolute Gasteiger partial charge is 0.259 e. The molecule has 1 amide bonds. The lowest BCUT2D eigenvalue weighted by atomic mass is 9.92. The minimum atomic E-state index is -0.174. The molecule has 4 rings (SSSR count). The zero-order valence-corrected chi connectivity index (χ0v) is 18.0. The standard InChI is InChI=1S/C21H29N5O2S/c1-15-9-16(2)12-25(11-15)13-18-14-29-21(23-18)24-20(27)17-3-4-19(22-10-17)26-5-7-28-8-6-26/h3-4,10,14-16H,5-9,11-13H2,1-2H3,(H,23,24,27)/t15-,16-/m1/s1. The Morgan fingerprint density at radius 3 is 2.69 bits per heavy atom. The largest absolute Gasteiger partial charge is 0.378 e. The molecule has 0 spiro atoms. The highest BCUT2D eigenvalue weighted by atomic mass is 32.1. The molecule has 0 aliphatic carbocycles. The van der Waals surface area contributed by atoms with Crippen molar-refractivity contribution in [1.29, 1.82) is 0 Å².